The number of ether oxygens (including phenoxy) is 1. The van der Waals surface area contributed by atoms with Crippen LogP contribution in [0.25, 0.3) is 27.6 Å². The van der Waals surface area contributed by atoms with E-state index in [4.69, 9.17) is 16.3 Å². The van der Waals surface area contributed by atoms with Crippen LogP contribution in [0.5, 0.6) is 5.75 Å². The Labute approximate surface area is 212 Å². The average Bonchev–Trinajstić information content (AvgIpc) is 3.61. The largest absolute Gasteiger partial charge is 0.493 e. The van der Waals surface area contributed by atoms with Crippen LogP contribution in [0.1, 0.15) is 29.2 Å². The number of piperidine rings is 1. The lowest BCUT2D eigenvalue weighted by Crippen LogP contribution is -2.38. The number of likely N-dealkylation sites (tertiary alicyclic amines) is 1. The van der Waals surface area contributed by atoms with Gasteiger partial charge in [-0.25, -0.2) is 14.5 Å². The Morgan fingerprint density at radius 2 is 2.08 bits per heavy atom. The summed E-state index contributed by atoms with van der Waals surface area (Å²) in [6, 6.07) is 1.60. The Hall–Kier alpha value is -3.19. The molecule has 0 unspecified atom stereocenters. The molecule has 190 valence electrons. The number of nitrogens with zero attached hydrogens (tertiary/aromatic N) is 6. The van der Waals surface area contributed by atoms with Gasteiger partial charge < -0.3 is 9.64 Å². The van der Waals surface area contributed by atoms with Crippen LogP contribution in [0.2, 0.25) is 0 Å². The highest BCUT2D eigenvalue weighted by molar-refractivity contribution is 7.15. The molecule has 1 saturated heterocycles. The number of rotatable bonds is 6. The number of halogens is 4. The standard InChI is InChI=1S/C22H21ClF3N7O2S/c1-35-15-6-13(10-33-20(15)28-11-29-33)18-14(7-22(24,25)26)19(31-30-18)21-27-9-16(36-21)12-2-4-32(5-3-12)17(34)8-23/h6,9-12H,2-5,7-8H2,1H3,(H,30,31). The van der Waals surface area contributed by atoms with Crippen molar-refractivity contribution in [2.45, 2.75) is 31.4 Å². The van der Waals surface area contributed by atoms with Gasteiger partial charge in [-0.2, -0.15) is 23.4 Å². The van der Waals surface area contributed by atoms with Crippen LogP contribution in [0, 0.1) is 0 Å². The zero-order valence-corrected chi connectivity index (χ0v) is 20.6. The highest BCUT2D eigenvalue weighted by atomic mass is 35.5. The molecule has 14 heteroatoms. The molecule has 9 nitrogen and oxygen atoms in total. The van der Waals surface area contributed by atoms with E-state index in [0.29, 0.717) is 35.1 Å². The first-order valence-corrected chi connectivity index (χ1v) is 12.4. The molecule has 0 aliphatic carbocycles. The van der Waals surface area contributed by atoms with Crippen LogP contribution in [0.4, 0.5) is 13.2 Å². The minimum atomic E-state index is -4.46. The quantitative estimate of drug-likeness (QED) is 0.367. The molecule has 0 atom stereocenters. The molecule has 0 radical (unpaired) electrons. The summed E-state index contributed by atoms with van der Waals surface area (Å²) < 4.78 is 47.7. The summed E-state index contributed by atoms with van der Waals surface area (Å²) in [4.78, 5) is 23.0. The second kappa shape index (κ2) is 9.69. The van der Waals surface area contributed by atoms with Crippen LogP contribution in [0.3, 0.4) is 0 Å². The molecule has 1 fully saturated rings. The number of H-pyrrole nitrogens is 1. The summed E-state index contributed by atoms with van der Waals surface area (Å²) in [5, 5.41) is 11.5. The molecule has 0 bridgehead atoms. The third-order valence-corrected chi connectivity index (χ3v) is 7.58. The van der Waals surface area contributed by atoms with Gasteiger partial charge in [-0.05, 0) is 24.8 Å². The summed E-state index contributed by atoms with van der Waals surface area (Å²) in [6.07, 6.45) is 0.442. The molecule has 5 heterocycles. The fourth-order valence-corrected chi connectivity index (χ4v) is 5.69. The molecule has 1 aliphatic heterocycles. The molecule has 1 amide bonds. The van der Waals surface area contributed by atoms with E-state index >= 15 is 0 Å². The zero-order valence-electron chi connectivity index (χ0n) is 19.0. The number of hydrogen-bond acceptors (Lipinski definition) is 7. The van der Waals surface area contributed by atoms with Gasteiger partial charge in [0.2, 0.25) is 5.91 Å². The SMILES string of the molecule is COc1cc(-c2[nH]nc(-c3ncc(C4CCN(C(=O)CCl)CC4)s3)c2CC(F)(F)F)cn2ncnc12. The zero-order chi connectivity index (χ0) is 25.4. The van der Waals surface area contributed by atoms with Gasteiger partial charge in [0.1, 0.15) is 22.9 Å². The topological polar surface area (TPSA) is 101 Å². The summed E-state index contributed by atoms with van der Waals surface area (Å²) in [5.41, 5.74) is 1.23. The van der Waals surface area contributed by atoms with Crippen molar-refractivity contribution >= 4 is 34.5 Å². The van der Waals surface area contributed by atoms with Gasteiger partial charge >= 0.3 is 6.18 Å². The van der Waals surface area contributed by atoms with Gasteiger partial charge in [0.05, 0.1) is 19.2 Å². The molecule has 0 saturated carbocycles. The molecule has 36 heavy (non-hydrogen) atoms. The Morgan fingerprint density at radius 1 is 1.31 bits per heavy atom. The predicted octanol–water partition coefficient (Wildman–Crippen LogP) is 4.30. The monoisotopic (exact) mass is 539 g/mol. The van der Waals surface area contributed by atoms with Crippen LogP contribution in [-0.2, 0) is 11.2 Å². The maximum absolute atomic E-state index is 13.6. The minimum Gasteiger partial charge on any atom is -0.493 e. The average molecular weight is 540 g/mol. The maximum atomic E-state index is 13.6. The van der Waals surface area contributed by atoms with E-state index in [9.17, 15) is 18.0 Å². The van der Waals surface area contributed by atoms with Crippen molar-refractivity contribution in [1.82, 2.24) is 34.7 Å². The Morgan fingerprint density at radius 3 is 2.78 bits per heavy atom. The second-order valence-corrected chi connectivity index (χ2v) is 9.73. The fourth-order valence-electron chi connectivity index (χ4n) is 4.42. The Kier molecular flexibility index (Phi) is 6.60. The minimum absolute atomic E-state index is 0.00699. The molecule has 0 aromatic carbocycles. The summed E-state index contributed by atoms with van der Waals surface area (Å²) >= 11 is 6.98. The lowest BCUT2D eigenvalue weighted by Gasteiger charge is -2.30. The van der Waals surface area contributed by atoms with E-state index < -0.39 is 12.6 Å². The van der Waals surface area contributed by atoms with Gasteiger partial charge in [0.15, 0.2) is 11.4 Å². The maximum Gasteiger partial charge on any atom is 0.393 e. The number of pyridine rings is 1. The number of fused-ring (bicyclic) bond motifs is 1. The normalized spacial score (nSPS) is 15.1. The lowest BCUT2D eigenvalue weighted by atomic mass is 9.96. The van der Waals surface area contributed by atoms with Crippen molar-refractivity contribution in [2.24, 2.45) is 0 Å². The van der Waals surface area contributed by atoms with Crippen molar-refractivity contribution in [3.63, 3.8) is 0 Å². The first-order chi connectivity index (χ1) is 17.3. The number of aromatic nitrogens is 6. The summed E-state index contributed by atoms with van der Waals surface area (Å²) in [7, 11) is 1.45. The van der Waals surface area contributed by atoms with E-state index in [1.54, 1.807) is 23.4 Å². The van der Waals surface area contributed by atoms with Crippen LogP contribution in [0.15, 0.2) is 24.8 Å². The van der Waals surface area contributed by atoms with Crippen molar-refractivity contribution < 1.29 is 22.7 Å². The number of nitrogens with one attached hydrogen (secondary N) is 1. The van der Waals surface area contributed by atoms with Crippen LogP contribution < -0.4 is 4.74 Å². The number of hydrogen-bond donors (Lipinski definition) is 1. The van der Waals surface area contributed by atoms with Crippen molar-refractivity contribution in [3.8, 4) is 27.7 Å². The van der Waals surface area contributed by atoms with E-state index in [2.05, 4.69) is 25.3 Å². The van der Waals surface area contributed by atoms with Gasteiger partial charge in [-0.3, -0.25) is 9.89 Å². The van der Waals surface area contributed by atoms with Crippen LogP contribution >= 0.6 is 22.9 Å². The summed E-state index contributed by atoms with van der Waals surface area (Å²) in [6.45, 7) is 1.17. The third-order valence-electron chi connectivity index (χ3n) is 6.18. The molecule has 0 spiro atoms. The Balaban J connectivity index is 1.48. The fraction of sp³-hybridized carbons (Fsp3) is 0.409. The van der Waals surface area contributed by atoms with Gasteiger partial charge in [-0.1, -0.05) is 0 Å². The number of carbonyl (C=O) groups excluding carboxylic acids is 1. The molecule has 5 rings (SSSR count). The first kappa shape index (κ1) is 24.5. The Bertz CT molecular complexity index is 1390. The van der Waals surface area contributed by atoms with E-state index in [-0.39, 0.29) is 34.7 Å². The van der Waals surface area contributed by atoms with Crippen molar-refractivity contribution in [3.05, 3.63) is 35.2 Å². The first-order valence-electron chi connectivity index (χ1n) is 11.1. The third kappa shape index (κ3) is 4.76. The smallest absolute Gasteiger partial charge is 0.393 e. The molecular formula is C22H21ClF3N7O2S. The molecule has 1 aliphatic rings. The predicted molar refractivity (Wildman–Crippen MR) is 127 cm³/mol. The highest BCUT2D eigenvalue weighted by Gasteiger charge is 2.34. The number of aromatic amines is 1. The highest BCUT2D eigenvalue weighted by Crippen LogP contribution is 2.40. The number of amides is 1. The lowest BCUT2D eigenvalue weighted by molar-refractivity contribution is -0.129. The molecular weight excluding hydrogens is 519 g/mol. The number of alkyl halides is 4. The molecule has 4 aromatic heterocycles. The van der Waals surface area contributed by atoms with E-state index in [1.165, 1.54) is 29.3 Å². The van der Waals surface area contributed by atoms with Crippen molar-refractivity contribution in [1.29, 1.82) is 0 Å². The summed E-state index contributed by atoms with van der Waals surface area (Å²) in [5.74, 6) is 0.393. The number of methoxy groups -OCH3 is 1. The molecule has 1 N–H and O–H groups in total. The van der Waals surface area contributed by atoms with Crippen molar-refractivity contribution in [2.75, 3.05) is 26.1 Å². The van der Waals surface area contributed by atoms with Gasteiger partial charge in [0.25, 0.3) is 0 Å². The van der Waals surface area contributed by atoms with E-state index in [0.717, 1.165) is 17.7 Å². The second-order valence-electron chi connectivity index (χ2n) is 8.40. The van der Waals surface area contributed by atoms with Gasteiger partial charge in [-0.15, -0.1) is 22.9 Å². The number of thiazole rings is 1. The number of carbonyl (C=O) groups is 1. The van der Waals surface area contributed by atoms with Crippen LogP contribution in [-0.4, -0.2) is 72.8 Å². The molecule has 4 aromatic rings. The van der Waals surface area contributed by atoms with Gasteiger partial charge in [0, 0.05) is 41.5 Å². The van der Waals surface area contributed by atoms with E-state index in [1.807, 2.05) is 0 Å².